The van der Waals surface area contributed by atoms with Gasteiger partial charge in [-0.2, -0.15) is 5.10 Å². The summed E-state index contributed by atoms with van der Waals surface area (Å²) in [6, 6.07) is 5.90. The quantitative estimate of drug-likeness (QED) is 0.681. The molecule has 0 spiro atoms. The molecule has 22 heavy (non-hydrogen) atoms. The van der Waals surface area contributed by atoms with Crippen LogP contribution in [0, 0.1) is 5.82 Å². The van der Waals surface area contributed by atoms with Crippen molar-refractivity contribution < 1.29 is 14.1 Å². The van der Waals surface area contributed by atoms with Crippen molar-refractivity contribution in [2.75, 3.05) is 31.5 Å². The van der Waals surface area contributed by atoms with Crippen molar-refractivity contribution in [2.45, 2.75) is 26.2 Å². The Balaban J connectivity index is 1.69. The van der Waals surface area contributed by atoms with Crippen LogP contribution in [0.3, 0.4) is 0 Å². The second-order valence-corrected chi connectivity index (χ2v) is 5.57. The van der Waals surface area contributed by atoms with Crippen LogP contribution >= 0.6 is 0 Å². The number of hydrogen-bond acceptors (Lipinski definition) is 3. The van der Waals surface area contributed by atoms with E-state index in [-0.39, 0.29) is 18.3 Å². The van der Waals surface area contributed by atoms with E-state index in [9.17, 15) is 9.18 Å². The molecule has 3 N–H and O–H groups in total. The fourth-order valence-electron chi connectivity index (χ4n) is 2.54. The summed E-state index contributed by atoms with van der Waals surface area (Å²) in [5, 5.41) is 7.14. The Morgan fingerprint density at radius 3 is 2.59 bits per heavy atom. The first kappa shape index (κ1) is 16.4. The Morgan fingerprint density at radius 1 is 1.27 bits per heavy atom. The number of likely N-dealkylation sites (tertiary alicyclic amines) is 1. The molecule has 1 aromatic carbocycles. The average Bonchev–Trinajstić information content (AvgIpc) is 2.54. The summed E-state index contributed by atoms with van der Waals surface area (Å²) in [7, 11) is 0. The van der Waals surface area contributed by atoms with E-state index in [0.717, 1.165) is 31.6 Å². The van der Waals surface area contributed by atoms with Gasteiger partial charge in [-0.3, -0.25) is 4.79 Å². The van der Waals surface area contributed by atoms with Crippen LogP contribution in [-0.2, 0) is 4.79 Å². The Bertz CT molecular complexity index is 505. The molecule has 120 valence electrons. The van der Waals surface area contributed by atoms with Crippen LogP contribution in [0.5, 0.6) is 0 Å². The highest BCUT2D eigenvalue weighted by molar-refractivity contribution is 5.87. The van der Waals surface area contributed by atoms with Gasteiger partial charge in [-0.1, -0.05) is 6.92 Å². The summed E-state index contributed by atoms with van der Waals surface area (Å²) in [4.78, 5) is 13.3. The summed E-state index contributed by atoms with van der Waals surface area (Å²) in [6.07, 6.45) is 3.09. The molecule has 1 fully saturated rings. The molecule has 1 aliphatic rings. The number of quaternary nitrogens is 1. The number of nitrogens with one attached hydrogen (secondary N) is 3. The first-order chi connectivity index (χ1) is 10.7. The van der Waals surface area contributed by atoms with Crippen LogP contribution in [0.1, 0.15) is 26.2 Å². The van der Waals surface area contributed by atoms with Crippen LogP contribution in [0.25, 0.3) is 0 Å². The third kappa shape index (κ3) is 5.44. The summed E-state index contributed by atoms with van der Waals surface area (Å²) in [5.74, 6) is -0.488. The highest BCUT2D eigenvalue weighted by Gasteiger charge is 2.17. The molecule has 0 aromatic heterocycles. The number of nitrogens with zero attached hydrogens (tertiary/aromatic N) is 1. The van der Waals surface area contributed by atoms with E-state index in [1.54, 1.807) is 17.0 Å². The fourth-order valence-corrected chi connectivity index (χ4v) is 2.54. The maximum Gasteiger partial charge on any atom is 0.259 e. The molecule has 1 aliphatic heterocycles. The summed E-state index contributed by atoms with van der Waals surface area (Å²) < 4.78 is 12.8. The predicted octanol–water partition coefficient (Wildman–Crippen LogP) is 0.799. The van der Waals surface area contributed by atoms with Crippen LogP contribution < -0.4 is 15.6 Å². The van der Waals surface area contributed by atoms with Gasteiger partial charge < -0.3 is 10.2 Å². The molecule has 1 heterocycles. The molecular formula is C16H24FN4O+. The molecule has 1 amide bonds. The SMILES string of the molecule is CCC[NH+]1CCC(=NNC(=O)CNc2ccc(F)cc2)CC1. The standard InChI is InChI=1S/C16H23FN4O/c1-2-9-21-10-7-15(8-11-21)19-20-16(22)12-18-14-5-3-13(17)4-6-14/h3-6,18H,2,7-12H2,1H3,(H,20,22)/p+1. The second-order valence-electron chi connectivity index (χ2n) is 5.57. The van der Waals surface area contributed by atoms with Crippen molar-refractivity contribution in [3.8, 4) is 0 Å². The van der Waals surface area contributed by atoms with Crippen LogP contribution in [0.2, 0.25) is 0 Å². The summed E-state index contributed by atoms with van der Waals surface area (Å²) in [5.41, 5.74) is 4.36. The largest absolute Gasteiger partial charge is 0.376 e. The van der Waals surface area contributed by atoms with Crippen LogP contribution in [-0.4, -0.2) is 37.8 Å². The average molecular weight is 307 g/mol. The number of hydrazone groups is 1. The van der Waals surface area contributed by atoms with Gasteiger partial charge in [0.05, 0.1) is 26.2 Å². The van der Waals surface area contributed by atoms with E-state index in [1.807, 2.05) is 0 Å². The minimum Gasteiger partial charge on any atom is -0.376 e. The van der Waals surface area contributed by atoms with E-state index >= 15 is 0 Å². The molecule has 0 bridgehead atoms. The highest BCUT2D eigenvalue weighted by Crippen LogP contribution is 2.07. The van der Waals surface area contributed by atoms with Gasteiger partial charge in [0.1, 0.15) is 5.82 Å². The number of halogens is 1. The van der Waals surface area contributed by atoms with E-state index in [4.69, 9.17) is 0 Å². The Labute approximate surface area is 130 Å². The van der Waals surface area contributed by atoms with E-state index in [1.165, 1.54) is 25.1 Å². The van der Waals surface area contributed by atoms with Gasteiger partial charge in [0, 0.05) is 24.2 Å². The molecule has 0 unspecified atom stereocenters. The number of rotatable bonds is 6. The topological polar surface area (TPSA) is 57.9 Å². The third-order valence-corrected chi connectivity index (χ3v) is 3.77. The number of piperidine rings is 1. The monoisotopic (exact) mass is 307 g/mol. The van der Waals surface area contributed by atoms with Gasteiger partial charge >= 0.3 is 0 Å². The van der Waals surface area contributed by atoms with Crippen LogP contribution in [0.4, 0.5) is 10.1 Å². The number of amides is 1. The first-order valence-corrected chi connectivity index (χ1v) is 7.84. The number of anilines is 1. The Morgan fingerprint density at radius 2 is 1.95 bits per heavy atom. The molecule has 0 saturated carbocycles. The van der Waals surface area contributed by atoms with Gasteiger partial charge in [0.15, 0.2) is 0 Å². The molecule has 0 aliphatic carbocycles. The van der Waals surface area contributed by atoms with Gasteiger partial charge in [-0.25, -0.2) is 9.82 Å². The van der Waals surface area contributed by atoms with Crippen molar-refractivity contribution in [2.24, 2.45) is 5.10 Å². The molecule has 0 radical (unpaired) electrons. The molecule has 1 saturated heterocycles. The van der Waals surface area contributed by atoms with Gasteiger partial charge in [0.2, 0.25) is 0 Å². The zero-order chi connectivity index (χ0) is 15.8. The molecule has 2 rings (SSSR count). The maximum atomic E-state index is 12.8. The first-order valence-electron chi connectivity index (χ1n) is 7.84. The lowest BCUT2D eigenvalue weighted by Gasteiger charge is -2.24. The normalized spacial score (nSPS) is 17.9. The minimum absolute atomic E-state index is 0.121. The predicted molar refractivity (Wildman–Crippen MR) is 85.6 cm³/mol. The molecular weight excluding hydrogens is 283 g/mol. The van der Waals surface area contributed by atoms with Crippen molar-refractivity contribution in [1.29, 1.82) is 0 Å². The van der Waals surface area contributed by atoms with Crippen molar-refractivity contribution >= 4 is 17.3 Å². The molecule has 5 nitrogen and oxygen atoms in total. The van der Waals surface area contributed by atoms with E-state index < -0.39 is 0 Å². The lowest BCUT2D eigenvalue weighted by Crippen LogP contribution is -3.13. The van der Waals surface area contributed by atoms with Gasteiger partial charge in [-0.05, 0) is 30.7 Å². The zero-order valence-corrected chi connectivity index (χ0v) is 13.0. The number of hydrogen-bond donors (Lipinski definition) is 3. The minimum atomic E-state index is -0.294. The second kappa shape index (κ2) is 8.48. The lowest BCUT2D eigenvalue weighted by atomic mass is 10.1. The summed E-state index contributed by atoms with van der Waals surface area (Å²) in [6.45, 7) is 5.72. The molecule has 1 aromatic rings. The fraction of sp³-hybridized carbons (Fsp3) is 0.500. The number of benzene rings is 1. The molecule has 0 atom stereocenters. The van der Waals surface area contributed by atoms with Crippen molar-refractivity contribution in [1.82, 2.24) is 5.43 Å². The lowest BCUT2D eigenvalue weighted by molar-refractivity contribution is -0.901. The highest BCUT2D eigenvalue weighted by atomic mass is 19.1. The number of carbonyl (C=O) groups excluding carboxylic acids is 1. The third-order valence-electron chi connectivity index (χ3n) is 3.77. The zero-order valence-electron chi connectivity index (χ0n) is 13.0. The van der Waals surface area contributed by atoms with Crippen molar-refractivity contribution in [3.63, 3.8) is 0 Å². The van der Waals surface area contributed by atoms with Gasteiger partial charge in [0.25, 0.3) is 5.91 Å². The molecule has 6 heteroatoms. The Hall–Kier alpha value is -1.95. The smallest absolute Gasteiger partial charge is 0.259 e. The van der Waals surface area contributed by atoms with Crippen molar-refractivity contribution in [3.05, 3.63) is 30.1 Å². The maximum absolute atomic E-state index is 12.8. The van der Waals surface area contributed by atoms with Crippen LogP contribution in [0.15, 0.2) is 29.4 Å². The van der Waals surface area contributed by atoms with E-state index in [2.05, 4.69) is 22.8 Å². The van der Waals surface area contributed by atoms with E-state index in [0.29, 0.717) is 5.69 Å². The van der Waals surface area contributed by atoms with Gasteiger partial charge in [-0.15, -0.1) is 0 Å². The Kier molecular flexibility index (Phi) is 6.33. The summed E-state index contributed by atoms with van der Waals surface area (Å²) >= 11 is 0. The number of carbonyl (C=O) groups is 1.